The maximum atomic E-state index is 13.4. The van der Waals surface area contributed by atoms with E-state index in [0.717, 1.165) is 35.9 Å². The van der Waals surface area contributed by atoms with E-state index in [1.54, 1.807) is 0 Å². The SMILES string of the molecule is NC(=O)c1ccc(NC(=O)C2(NC(=O)c3ccc4c(C5CCCCC5)n(-c5ccccc5)nc4c3)CCC2)nc1. The molecule has 0 spiro atoms. The summed E-state index contributed by atoms with van der Waals surface area (Å²) in [5.74, 6) is -0.530. The molecule has 0 bridgehead atoms. The first-order valence-corrected chi connectivity index (χ1v) is 13.9. The molecule has 9 heteroatoms. The summed E-state index contributed by atoms with van der Waals surface area (Å²) in [5, 5.41) is 11.8. The molecule has 204 valence electrons. The molecule has 0 unspecified atom stereocenters. The quantitative estimate of drug-likeness (QED) is 0.310. The molecule has 2 aromatic carbocycles. The molecule has 2 saturated carbocycles. The number of pyridine rings is 1. The zero-order valence-corrected chi connectivity index (χ0v) is 22.2. The van der Waals surface area contributed by atoms with Crippen molar-refractivity contribution < 1.29 is 14.4 Å². The molecule has 2 aliphatic rings. The monoisotopic (exact) mass is 536 g/mol. The molecule has 0 atom stereocenters. The maximum Gasteiger partial charge on any atom is 0.252 e. The van der Waals surface area contributed by atoms with Crippen molar-refractivity contribution in [3.05, 3.63) is 83.7 Å². The van der Waals surface area contributed by atoms with Gasteiger partial charge in [-0.15, -0.1) is 0 Å². The molecule has 4 N–H and O–H groups in total. The molecule has 6 rings (SSSR count). The number of fused-ring (bicyclic) bond motifs is 1. The van der Waals surface area contributed by atoms with Crippen LogP contribution in [0.15, 0.2) is 66.9 Å². The van der Waals surface area contributed by atoms with Crippen molar-refractivity contribution in [3.63, 3.8) is 0 Å². The van der Waals surface area contributed by atoms with Crippen LogP contribution in [-0.2, 0) is 4.79 Å². The van der Waals surface area contributed by atoms with E-state index in [1.807, 2.05) is 41.1 Å². The van der Waals surface area contributed by atoms with Gasteiger partial charge in [-0.2, -0.15) is 5.10 Å². The van der Waals surface area contributed by atoms with Crippen molar-refractivity contribution >= 4 is 34.4 Å². The maximum absolute atomic E-state index is 13.4. The molecule has 2 fully saturated rings. The van der Waals surface area contributed by atoms with Gasteiger partial charge < -0.3 is 16.4 Å². The number of hydrogen-bond donors (Lipinski definition) is 3. The second kappa shape index (κ2) is 10.6. The summed E-state index contributed by atoms with van der Waals surface area (Å²) >= 11 is 0. The Morgan fingerprint density at radius 2 is 1.65 bits per heavy atom. The summed E-state index contributed by atoms with van der Waals surface area (Å²) in [5.41, 5.74) is 7.94. The Morgan fingerprint density at radius 3 is 2.30 bits per heavy atom. The Balaban J connectivity index is 1.26. The summed E-state index contributed by atoms with van der Waals surface area (Å²) in [6.07, 6.45) is 9.15. The van der Waals surface area contributed by atoms with Crippen molar-refractivity contribution in [1.29, 1.82) is 0 Å². The van der Waals surface area contributed by atoms with Crippen LogP contribution >= 0.6 is 0 Å². The molecule has 2 heterocycles. The number of nitrogens with zero attached hydrogens (tertiary/aromatic N) is 3. The number of para-hydroxylation sites is 1. The second-order valence-electron chi connectivity index (χ2n) is 10.8. The second-order valence-corrected chi connectivity index (χ2v) is 10.8. The van der Waals surface area contributed by atoms with Crippen molar-refractivity contribution in [2.24, 2.45) is 5.73 Å². The highest BCUT2D eigenvalue weighted by Gasteiger charge is 2.45. The van der Waals surface area contributed by atoms with Gasteiger partial charge in [0, 0.05) is 23.1 Å². The van der Waals surface area contributed by atoms with Gasteiger partial charge in [-0.25, -0.2) is 9.67 Å². The van der Waals surface area contributed by atoms with Crippen LogP contribution in [0.5, 0.6) is 0 Å². The molecule has 4 aromatic rings. The molecule has 0 saturated heterocycles. The van der Waals surface area contributed by atoms with Crippen LogP contribution in [0.25, 0.3) is 16.6 Å². The Labute approximate surface area is 232 Å². The smallest absolute Gasteiger partial charge is 0.252 e. The van der Waals surface area contributed by atoms with Gasteiger partial charge in [0.05, 0.1) is 22.5 Å². The number of carbonyl (C=O) groups is 3. The van der Waals surface area contributed by atoms with Crippen LogP contribution in [0.2, 0.25) is 0 Å². The van der Waals surface area contributed by atoms with Crippen LogP contribution in [0, 0.1) is 0 Å². The molecule has 2 aliphatic carbocycles. The molecule has 9 nitrogen and oxygen atoms in total. The van der Waals surface area contributed by atoms with Crippen molar-refractivity contribution in [1.82, 2.24) is 20.1 Å². The Kier molecular flexibility index (Phi) is 6.79. The normalized spacial score (nSPS) is 16.7. The van der Waals surface area contributed by atoms with E-state index < -0.39 is 11.4 Å². The summed E-state index contributed by atoms with van der Waals surface area (Å²) in [6, 6.07) is 18.8. The van der Waals surface area contributed by atoms with E-state index >= 15 is 0 Å². The topological polar surface area (TPSA) is 132 Å². The van der Waals surface area contributed by atoms with Gasteiger partial charge in [0.25, 0.3) is 11.8 Å². The number of aromatic nitrogens is 3. The number of benzene rings is 2. The Morgan fingerprint density at radius 1 is 0.900 bits per heavy atom. The number of nitrogens with two attached hydrogens (primary N) is 1. The van der Waals surface area contributed by atoms with Crippen LogP contribution in [-0.4, -0.2) is 38.0 Å². The number of primary amides is 1. The number of hydrogen-bond acceptors (Lipinski definition) is 5. The summed E-state index contributed by atoms with van der Waals surface area (Å²) in [7, 11) is 0. The lowest BCUT2D eigenvalue weighted by molar-refractivity contribution is -0.125. The van der Waals surface area contributed by atoms with Gasteiger partial charge >= 0.3 is 0 Å². The lowest BCUT2D eigenvalue weighted by atomic mass is 9.75. The summed E-state index contributed by atoms with van der Waals surface area (Å²) < 4.78 is 2.04. The third kappa shape index (κ3) is 4.83. The number of rotatable bonds is 7. The number of anilines is 1. The van der Waals surface area contributed by atoms with Crippen molar-refractivity contribution in [2.75, 3.05) is 5.32 Å². The van der Waals surface area contributed by atoms with E-state index in [9.17, 15) is 14.4 Å². The standard InChI is InChI=1S/C31H32N6O3/c32-28(38)22-13-15-26(33-19-22)34-30(40)31(16-7-17-31)35-29(39)21-12-14-24-25(18-21)36-37(23-10-5-2-6-11-23)27(24)20-8-3-1-4-9-20/h2,5-6,10-15,18-20H,1,3-4,7-9,16-17H2,(H2,32,38)(H,35,39)(H,33,34,40). The Hall–Kier alpha value is -4.53. The third-order valence-electron chi connectivity index (χ3n) is 8.25. The lowest BCUT2D eigenvalue weighted by Crippen LogP contribution is -2.61. The zero-order valence-electron chi connectivity index (χ0n) is 22.2. The van der Waals surface area contributed by atoms with E-state index in [2.05, 4.69) is 27.8 Å². The molecule has 0 aliphatic heterocycles. The zero-order chi connectivity index (χ0) is 27.7. The van der Waals surface area contributed by atoms with Crippen LogP contribution in [0.1, 0.15) is 83.7 Å². The minimum atomic E-state index is -1.02. The minimum Gasteiger partial charge on any atom is -0.366 e. The van der Waals surface area contributed by atoms with Gasteiger partial charge in [0.15, 0.2) is 0 Å². The van der Waals surface area contributed by atoms with E-state index in [-0.39, 0.29) is 17.4 Å². The minimum absolute atomic E-state index is 0.251. The first kappa shape index (κ1) is 25.7. The first-order valence-electron chi connectivity index (χ1n) is 13.9. The number of carbonyl (C=O) groups excluding carboxylic acids is 3. The highest BCUT2D eigenvalue weighted by Crippen LogP contribution is 2.38. The van der Waals surface area contributed by atoms with Crippen LogP contribution in [0.4, 0.5) is 5.82 Å². The van der Waals surface area contributed by atoms with E-state index in [4.69, 9.17) is 10.8 Å². The van der Waals surface area contributed by atoms with Gasteiger partial charge in [-0.05, 0) is 68.5 Å². The fourth-order valence-corrected chi connectivity index (χ4v) is 5.86. The average molecular weight is 537 g/mol. The highest BCUT2D eigenvalue weighted by molar-refractivity contribution is 6.05. The Bertz CT molecular complexity index is 1570. The van der Waals surface area contributed by atoms with Gasteiger partial charge in [0.1, 0.15) is 11.4 Å². The van der Waals surface area contributed by atoms with Crippen LogP contribution in [0.3, 0.4) is 0 Å². The first-order chi connectivity index (χ1) is 19.4. The largest absolute Gasteiger partial charge is 0.366 e. The summed E-state index contributed by atoms with van der Waals surface area (Å²) in [4.78, 5) is 42.1. The molecule has 3 amide bonds. The molecule has 2 aromatic heterocycles. The molecular formula is C31H32N6O3. The predicted molar refractivity (Wildman–Crippen MR) is 152 cm³/mol. The van der Waals surface area contributed by atoms with Crippen molar-refractivity contribution in [2.45, 2.75) is 62.8 Å². The number of nitrogens with one attached hydrogen (secondary N) is 2. The summed E-state index contributed by atoms with van der Waals surface area (Å²) in [6.45, 7) is 0. The lowest BCUT2D eigenvalue weighted by Gasteiger charge is -2.40. The third-order valence-corrected chi connectivity index (χ3v) is 8.25. The highest BCUT2D eigenvalue weighted by atomic mass is 16.2. The molecule has 0 radical (unpaired) electrons. The average Bonchev–Trinajstić information content (AvgIpc) is 3.35. The van der Waals surface area contributed by atoms with Crippen LogP contribution < -0.4 is 16.4 Å². The van der Waals surface area contributed by atoms with E-state index in [1.165, 1.54) is 43.3 Å². The van der Waals surface area contributed by atoms with Gasteiger partial charge in [0.2, 0.25) is 5.91 Å². The van der Waals surface area contributed by atoms with Crippen molar-refractivity contribution in [3.8, 4) is 5.69 Å². The van der Waals surface area contributed by atoms with Gasteiger partial charge in [-0.3, -0.25) is 14.4 Å². The van der Waals surface area contributed by atoms with Gasteiger partial charge in [-0.1, -0.05) is 43.5 Å². The fourth-order valence-electron chi connectivity index (χ4n) is 5.86. The molecular weight excluding hydrogens is 504 g/mol. The number of amides is 3. The molecule has 40 heavy (non-hydrogen) atoms. The van der Waals surface area contributed by atoms with E-state index in [0.29, 0.717) is 30.1 Å². The fraction of sp³-hybridized carbons (Fsp3) is 0.323. The predicted octanol–water partition coefficient (Wildman–Crippen LogP) is 4.86.